The maximum Gasteiger partial charge on any atom is 0.573 e. The molecule has 0 aliphatic heterocycles. The third kappa shape index (κ3) is 4.64. The zero-order chi connectivity index (χ0) is 22.1. The van der Waals surface area contributed by atoms with Crippen molar-refractivity contribution in [3.8, 4) is 11.5 Å². The Balaban J connectivity index is 2.64. The minimum absolute atomic E-state index is 0.508. The molecule has 0 saturated carbocycles. The predicted octanol–water partition coefficient (Wildman–Crippen LogP) is 3.51. The van der Waals surface area contributed by atoms with Crippen LogP contribution in [0.2, 0.25) is 0 Å². The number of nitrogens with one attached hydrogen (secondary N) is 1. The van der Waals surface area contributed by atoms with Gasteiger partial charge >= 0.3 is 12.3 Å². The molecule has 158 valence electrons. The summed E-state index contributed by atoms with van der Waals surface area (Å²) in [5, 5.41) is 8.88. The number of carbonyl (C=O) groups is 1. The minimum atomic E-state index is -5.60. The maximum atomic E-state index is 14.3. The lowest BCUT2D eigenvalue weighted by molar-refractivity contribution is -0.276. The zero-order valence-electron chi connectivity index (χ0n) is 14.0. The normalized spacial score (nSPS) is 11.8. The molecule has 0 aliphatic rings. The third-order valence-corrected chi connectivity index (χ3v) is 4.63. The summed E-state index contributed by atoms with van der Waals surface area (Å²) in [5.41, 5.74) is -2.24. The van der Waals surface area contributed by atoms with Crippen molar-refractivity contribution in [2.75, 3.05) is 11.8 Å². The topological polar surface area (TPSA) is 102 Å². The molecule has 0 unspecified atom stereocenters. The van der Waals surface area contributed by atoms with Crippen LogP contribution in [0.1, 0.15) is 10.4 Å². The number of ether oxygens (including phenoxy) is 2. The second kappa shape index (κ2) is 7.69. The lowest BCUT2D eigenvalue weighted by Gasteiger charge is -2.17. The van der Waals surface area contributed by atoms with Crippen molar-refractivity contribution in [2.45, 2.75) is 11.3 Å². The van der Waals surface area contributed by atoms with Crippen molar-refractivity contribution in [1.29, 1.82) is 0 Å². The van der Waals surface area contributed by atoms with Gasteiger partial charge in [-0.1, -0.05) is 6.07 Å². The molecule has 29 heavy (non-hydrogen) atoms. The molecule has 0 radical (unpaired) electrons. The number of sulfonamides is 1. The standard InChI is InChI=1S/C15H9F6NO6S/c1-27-12-8(16)11(9(17)13(10(12)18)28-15(19,20)21)22-29(25,26)7-4-2-3-6(5-7)14(23)24/h2-5,22H,1H3,(H,23,24). The average Bonchev–Trinajstić information content (AvgIpc) is 2.62. The number of halogens is 6. The summed E-state index contributed by atoms with van der Waals surface area (Å²) in [6.45, 7) is 0. The number of alkyl halides is 3. The van der Waals surface area contributed by atoms with Crippen molar-refractivity contribution in [1.82, 2.24) is 0 Å². The number of carboxylic acids is 1. The van der Waals surface area contributed by atoms with Crippen LogP contribution in [0.15, 0.2) is 29.2 Å². The van der Waals surface area contributed by atoms with Gasteiger partial charge in [0, 0.05) is 0 Å². The van der Waals surface area contributed by atoms with E-state index in [1.54, 1.807) is 0 Å². The molecule has 0 atom stereocenters. The number of aromatic carboxylic acids is 1. The number of rotatable bonds is 6. The van der Waals surface area contributed by atoms with Gasteiger partial charge in [0.1, 0.15) is 5.69 Å². The first-order valence-electron chi connectivity index (χ1n) is 7.15. The summed E-state index contributed by atoms with van der Waals surface area (Å²) in [6, 6.07) is 3.47. The molecule has 0 fully saturated rings. The molecule has 14 heteroatoms. The first-order chi connectivity index (χ1) is 13.3. The van der Waals surface area contributed by atoms with Crippen molar-refractivity contribution in [3.63, 3.8) is 0 Å². The van der Waals surface area contributed by atoms with Crippen LogP contribution in [0.5, 0.6) is 11.5 Å². The highest BCUT2D eigenvalue weighted by Crippen LogP contribution is 2.41. The molecule has 0 bridgehead atoms. The highest BCUT2D eigenvalue weighted by atomic mass is 32.2. The Kier molecular flexibility index (Phi) is 5.87. The Labute approximate surface area is 158 Å². The van der Waals surface area contributed by atoms with Gasteiger partial charge in [0.2, 0.25) is 11.6 Å². The summed E-state index contributed by atoms with van der Waals surface area (Å²) in [7, 11) is -4.29. The zero-order valence-corrected chi connectivity index (χ0v) is 14.8. The summed E-state index contributed by atoms with van der Waals surface area (Å²) >= 11 is 0. The quantitative estimate of drug-likeness (QED) is 0.660. The van der Waals surface area contributed by atoms with Crippen LogP contribution >= 0.6 is 0 Å². The van der Waals surface area contributed by atoms with Crippen molar-refractivity contribution in [2.24, 2.45) is 0 Å². The van der Waals surface area contributed by atoms with Gasteiger partial charge < -0.3 is 14.6 Å². The van der Waals surface area contributed by atoms with E-state index in [9.17, 15) is 39.6 Å². The molecule has 2 rings (SSSR count). The fourth-order valence-corrected chi connectivity index (χ4v) is 3.19. The second-order valence-corrected chi connectivity index (χ2v) is 6.85. The molecule has 2 aromatic rings. The highest BCUT2D eigenvalue weighted by Gasteiger charge is 2.38. The van der Waals surface area contributed by atoms with Crippen LogP contribution < -0.4 is 14.2 Å². The fourth-order valence-electron chi connectivity index (χ4n) is 2.08. The molecule has 0 aliphatic carbocycles. The van der Waals surface area contributed by atoms with Crippen molar-refractivity contribution >= 4 is 21.7 Å². The van der Waals surface area contributed by atoms with E-state index in [0.717, 1.165) is 18.2 Å². The van der Waals surface area contributed by atoms with Crippen LogP contribution in [0.25, 0.3) is 0 Å². The smallest absolute Gasteiger partial charge is 0.491 e. The SMILES string of the molecule is COc1c(F)c(NS(=O)(=O)c2cccc(C(=O)O)c2)c(F)c(OC(F)(F)F)c1F. The molecule has 0 saturated heterocycles. The number of hydrogen-bond acceptors (Lipinski definition) is 5. The molecule has 2 N–H and O–H groups in total. The van der Waals surface area contributed by atoms with Crippen LogP contribution in [0.3, 0.4) is 0 Å². The van der Waals surface area contributed by atoms with E-state index in [1.165, 1.54) is 4.72 Å². The molecule has 0 heterocycles. The number of hydrogen-bond donors (Lipinski definition) is 2. The number of anilines is 1. The highest BCUT2D eigenvalue weighted by molar-refractivity contribution is 7.92. The van der Waals surface area contributed by atoms with Crippen molar-refractivity contribution < 1.29 is 54.1 Å². The Morgan fingerprint density at radius 3 is 2.17 bits per heavy atom. The van der Waals surface area contributed by atoms with Gasteiger partial charge in [0.05, 0.1) is 17.6 Å². The number of carboxylic acid groups (broad SMARTS) is 1. The monoisotopic (exact) mass is 445 g/mol. The third-order valence-electron chi connectivity index (χ3n) is 3.29. The van der Waals surface area contributed by atoms with Gasteiger partial charge in [0.25, 0.3) is 10.0 Å². The lowest BCUT2D eigenvalue weighted by Crippen LogP contribution is -2.21. The second-order valence-electron chi connectivity index (χ2n) is 5.17. The van der Waals surface area contributed by atoms with Crippen LogP contribution in [-0.4, -0.2) is 33.0 Å². The Hall–Kier alpha value is -3.16. The fraction of sp³-hybridized carbons (Fsp3) is 0.133. The van der Waals surface area contributed by atoms with Crippen LogP contribution in [-0.2, 0) is 10.0 Å². The van der Waals surface area contributed by atoms with Gasteiger partial charge in [-0.15, -0.1) is 13.2 Å². The van der Waals surface area contributed by atoms with Gasteiger partial charge in [-0.25, -0.2) is 22.0 Å². The molecule has 7 nitrogen and oxygen atoms in total. The first kappa shape index (κ1) is 22.1. The van der Waals surface area contributed by atoms with E-state index >= 15 is 0 Å². The lowest BCUT2D eigenvalue weighted by atomic mass is 10.2. The summed E-state index contributed by atoms with van der Waals surface area (Å²) in [5.74, 6) is -11.8. The van der Waals surface area contributed by atoms with E-state index in [2.05, 4.69) is 9.47 Å². The van der Waals surface area contributed by atoms with E-state index in [1.807, 2.05) is 0 Å². The average molecular weight is 445 g/mol. The Bertz CT molecular complexity index is 1070. The Morgan fingerprint density at radius 1 is 1.07 bits per heavy atom. The van der Waals surface area contributed by atoms with Crippen LogP contribution in [0, 0.1) is 17.5 Å². The van der Waals surface area contributed by atoms with Crippen LogP contribution in [0.4, 0.5) is 32.0 Å². The largest absolute Gasteiger partial charge is 0.573 e. The summed E-state index contributed by atoms with van der Waals surface area (Å²) < 4.78 is 113. The first-order valence-corrected chi connectivity index (χ1v) is 8.63. The molecule has 2 aromatic carbocycles. The number of methoxy groups -OCH3 is 1. The molecular formula is C15H9F6NO6S. The van der Waals surface area contributed by atoms with E-state index < -0.39 is 67.5 Å². The molecular weight excluding hydrogens is 436 g/mol. The summed E-state index contributed by atoms with van der Waals surface area (Å²) in [4.78, 5) is 10.1. The van der Waals surface area contributed by atoms with Gasteiger partial charge in [-0.3, -0.25) is 4.72 Å². The summed E-state index contributed by atoms with van der Waals surface area (Å²) in [6.07, 6.45) is -5.60. The molecule has 0 amide bonds. The van der Waals surface area contributed by atoms with Gasteiger partial charge in [0.15, 0.2) is 17.4 Å². The van der Waals surface area contributed by atoms with Crippen molar-refractivity contribution in [3.05, 3.63) is 47.3 Å². The minimum Gasteiger partial charge on any atom is -0.491 e. The predicted molar refractivity (Wildman–Crippen MR) is 83.8 cm³/mol. The number of benzene rings is 2. The Morgan fingerprint density at radius 2 is 1.66 bits per heavy atom. The molecule has 0 aromatic heterocycles. The van der Waals surface area contributed by atoms with E-state index in [0.29, 0.717) is 13.2 Å². The van der Waals surface area contributed by atoms with E-state index in [4.69, 9.17) is 5.11 Å². The van der Waals surface area contributed by atoms with Gasteiger partial charge in [-0.05, 0) is 18.2 Å². The van der Waals surface area contributed by atoms with E-state index in [-0.39, 0.29) is 0 Å². The maximum absolute atomic E-state index is 14.3. The molecule has 0 spiro atoms. The van der Waals surface area contributed by atoms with Gasteiger partial charge in [-0.2, -0.15) is 4.39 Å².